The third-order valence-corrected chi connectivity index (χ3v) is 9.69. The maximum absolute atomic E-state index is 13.7. The largest absolute Gasteiger partial charge is 0.525 e. The van der Waals surface area contributed by atoms with Crippen molar-refractivity contribution >= 4 is 13.8 Å². The number of phosphoric acid groups is 1. The molecule has 4 aliphatic heterocycles. The van der Waals surface area contributed by atoms with E-state index in [4.69, 9.17) is 52.9 Å². The Morgan fingerprint density at radius 3 is 2.02 bits per heavy atom. The quantitative estimate of drug-likeness (QED) is 0.0762. The fourth-order valence-corrected chi connectivity index (χ4v) is 7.74. The summed E-state index contributed by atoms with van der Waals surface area (Å²) in [7, 11) is -2.88. The number of methoxy groups -OCH3 is 2. The molecule has 3 fully saturated rings. The number of fused-ring (bicyclic) bond motifs is 4. The number of phosphoric ester groups is 1. The number of esters is 1. The average Bonchev–Trinajstić information content (AvgIpc) is 3.46. The molecule has 7 rings (SSSR count). The summed E-state index contributed by atoms with van der Waals surface area (Å²) in [6.07, 6.45) is -15.0. The van der Waals surface area contributed by atoms with Crippen LogP contribution in [0.5, 0.6) is 28.7 Å². The van der Waals surface area contributed by atoms with E-state index in [0.29, 0.717) is 0 Å². The van der Waals surface area contributed by atoms with Gasteiger partial charge in [0.15, 0.2) is 41.7 Å². The Kier molecular flexibility index (Phi) is 8.74. The summed E-state index contributed by atoms with van der Waals surface area (Å²) < 4.78 is 65.0. The van der Waals surface area contributed by atoms with E-state index < -0.39 is 98.4 Å². The first kappa shape index (κ1) is 36.9. The zero-order valence-corrected chi connectivity index (χ0v) is 27.9. The van der Waals surface area contributed by atoms with Crippen molar-refractivity contribution in [3.05, 3.63) is 41.0 Å². The molecule has 0 spiro atoms. The first-order valence-electron chi connectivity index (χ1n) is 15.4. The zero-order valence-electron chi connectivity index (χ0n) is 27.0. The smallest absolute Gasteiger partial charge is 0.493 e. The number of hydrogen-bond donors (Lipinski definition) is 10. The van der Waals surface area contributed by atoms with E-state index in [1.54, 1.807) is 0 Å². The van der Waals surface area contributed by atoms with Gasteiger partial charge in [-0.3, -0.25) is 19.3 Å². The van der Waals surface area contributed by atoms with E-state index in [9.17, 15) is 54.9 Å². The van der Waals surface area contributed by atoms with Gasteiger partial charge in [0, 0.05) is 5.92 Å². The van der Waals surface area contributed by atoms with Crippen molar-refractivity contribution < 1.29 is 102 Å². The van der Waals surface area contributed by atoms with Gasteiger partial charge in [0.2, 0.25) is 5.75 Å². The monoisotopic (exact) mass is 763 g/mol. The van der Waals surface area contributed by atoms with Crippen molar-refractivity contribution in [1.82, 2.24) is 0 Å². The van der Waals surface area contributed by atoms with Crippen LogP contribution in [0.2, 0.25) is 0 Å². The third kappa shape index (κ3) is 6.14. The van der Waals surface area contributed by atoms with Crippen LogP contribution in [0.1, 0.15) is 35.6 Å². The number of aliphatic hydroxyl groups is 7. The summed E-state index contributed by atoms with van der Waals surface area (Å²) in [6.45, 7) is 1.30. The molecular formula is C29H34NO21P. The van der Waals surface area contributed by atoms with Crippen LogP contribution in [0.15, 0.2) is 24.3 Å². The molecule has 22 nitrogen and oxygen atoms in total. The average molecular weight is 764 g/mol. The van der Waals surface area contributed by atoms with Gasteiger partial charge >= 0.3 is 31.8 Å². The fourth-order valence-electron chi connectivity index (χ4n) is 7.33. The number of hydrogen-bond acceptors (Lipinski definition) is 20. The summed E-state index contributed by atoms with van der Waals surface area (Å²) in [5, 5.41) is 76.0. The van der Waals surface area contributed by atoms with Gasteiger partial charge in [0.05, 0.1) is 32.2 Å². The Morgan fingerprint density at radius 2 is 1.44 bits per heavy atom. The summed E-state index contributed by atoms with van der Waals surface area (Å²) in [6, 6.07) is 4.92. The molecule has 52 heavy (non-hydrogen) atoms. The van der Waals surface area contributed by atoms with Crippen LogP contribution in [0, 0.1) is 11.8 Å². The first-order chi connectivity index (χ1) is 24.1. The molecule has 286 valence electrons. The highest BCUT2D eigenvalue weighted by Gasteiger charge is 2.66. The van der Waals surface area contributed by atoms with Crippen molar-refractivity contribution in [2.45, 2.75) is 74.0 Å². The van der Waals surface area contributed by atoms with Gasteiger partial charge in [-0.1, -0.05) is 0 Å². The number of carbonyl (C=O) groups excluding carboxylic acids is 1. The van der Waals surface area contributed by atoms with Gasteiger partial charge in [-0.2, -0.15) is 0 Å². The Hall–Kier alpha value is -3.42. The summed E-state index contributed by atoms with van der Waals surface area (Å²) in [5.41, 5.74) is 5.76. The highest BCUT2D eigenvalue weighted by atomic mass is 31.2. The standard InChI is InChI=1S/C29H34NO21P/c1-8-44-23-19(31)20(32)26(46-24(23)28(36,37)47-8)45-21-11-7-13-12(48-29(30,38)49-13)6-10(11)16(17-18(21)27(34,35)50-25(17)33)9-4-14(42-2)22(15(5-9)43-3)51-52(39,40)41/h4-8,16-21,23-24,26,31-32,34-38H,30H2,1-3H3,(H2,39,40,41). The van der Waals surface area contributed by atoms with E-state index in [1.165, 1.54) is 31.2 Å². The maximum Gasteiger partial charge on any atom is 0.525 e. The molecule has 4 heterocycles. The number of ether oxygens (including phenoxy) is 9. The van der Waals surface area contributed by atoms with Gasteiger partial charge < -0.3 is 78.2 Å². The molecule has 2 aromatic rings. The molecule has 23 heteroatoms. The molecule has 0 radical (unpaired) electrons. The van der Waals surface area contributed by atoms with Crippen LogP contribution in [0.4, 0.5) is 0 Å². The van der Waals surface area contributed by atoms with Crippen LogP contribution >= 0.6 is 7.82 Å². The summed E-state index contributed by atoms with van der Waals surface area (Å²) >= 11 is 0. The highest BCUT2D eigenvalue weighted by molar-refractivity contribution is 7.46. The topological polar surface area (TPSA) is 335 Å². The number of carbonyl (C=O) groups is 1. The molecule has 0 bridgehead atoms. The summed E-state index contributed by atoms with van der Waals surface area (Å²) in [5.74, 6) is -13.8. The van der Waals surface area contributed by atoms with E-state index >= 15 is 0 Å². The first-order valence-corrected chi connectivity index (χ1v) is 16.9. The molecular weight excluding hydrogens is 729 g/mol. The lowest BCUT2D eigenvalue weighted by Crippen LogP contribution is -2.70. The molecule has 11 atom stereocenters. The molecule has 0 saturated carbocycles. The van der Waals surface area contributed by atoms with Crippen LogP contribution in [-0.4, -0.2) is 121 Å². The molecule has 1 aliphatic carbocycles. The van der Waals surface area contributed by atoms with Crippen LogP contribution < -0.4 is 29.2 Å². The SMILES string of the molecule is COc1cc(C2c3cc4c(cc3C(OC3OC5C(OC(C)OC5(O)O)C(O)C3O)C3C2C(=O)OC3(O)O)OC(N)(O)O4)cc(OC)c1OP(=O)(O)O. The molecule has 3 saturated heterocycles. The van der Waals surface area contributed by atoms with E-state index in [0.717, 1.165) is 14.2 Å². The third-order valence-electron chi connectivity index (χ3n) is 9.27. The second-order valence-corrected chi connectivity index (χ2v) is 13.8. The zero-order chi connectivity index (χ0) is 37.9. The van der Waals surface area contributed by atoms with Gasteiger partial charge in [0.25, 0.3) is 0 Å². The van der Waals surface area contributed by atoms with Crippen molar-refractivity contribution in [3.8, 4) is 28.7 Å². The Labute approximate surface area is 291 Å². The minimum atomic E-state index is -5.17. The van der Waals surface area contributed by atoms with E-state index in [-0.39, 0.29) is 39.7 Å². The maximum atomic E-state index is 13.7. The molecule has 11 unspecified atom stereocenters. The Morgan fingerprint density at radius 1 is 0.846 bits per heavy atom. The van der Waals surface area contributed by atoms with E-state index in [2.05, 4.69) is 0 Å². The molecule has 11 N–H and O–H groups in total. The molecule has 5 aliphatic rings. The molecule has 0 aromatic heterocycles. The second-order valence-electron chi connectivity index (χ2n) is 12.6. The Balaban J connectivity index is 1.39. The number of aliphatic hydroxyl groups excluding tert-OH is 2. The van der Waals surface area contributed by atoms with Crippen molar-refractivity contribution in [3.63, 3.8) is 0 Å². The van der Waals surface area contributed by atoms with Crippen LogP contribution in [-0.2, 0) is 33.0 Å². The predicted molar refractivity (Wildman–Crippen MR) is 158 cm³/mol. The van der Waals surface area contributed by atoms with Gasteiger partial charge in [-0.25, -0.2) is 10.3 Å². The lowest BCUT2D eigenvalue weighted by molar-refractivity contribution is -0.498. The molecule has 2 aromatic carbocycles. The normalized spacial score (nSPS) is 37.0. The molecule has 0 amide bonds. The number of nitrogens with two attached hydrogens (primary N) is 1. The lowest BCUT2D eigenvalue weighted by atomic mass is 9.65. The van der Waals surface area contributed by atoms with Crippen LogP contribution in [0.3, 0.4) is 0 Å². The Bertz CT molecular complexity index is 1790. The van der Waals surface area contributed by atoms with Gasteiger partial charge in [0.1, 0.15) is 18.3 Å². The number of benzene rings is 2. The lowest BCUT2D eigenvalue weighted by Gasteiger charge is -2.51. The van der Waals surface area contributed by atoms with Crippen molar-refractivity contribution in [2.75, 3.05) is 14.2 Å². The minimum Gasteiger partial charge on any atom is -0.493 e. The van der Waals surface area contributed by atoms with Gasteiger partial charge in [-0.05, 0) is 47.9 Å². The van der Waals surface area contributed by atoms with Gasteiger partial charge in [-0.15, -0.1) is 0 Å². The number of cyclic esters (lactones) is 1. The predicted octanol–water partition coefficient (Wildman–Crippen LogP) is -3.01. The van der Waals surface area contributed by atoms with Crippen LogP contribution in [0.25, 0.3) is 0 Å². The van der Waals surface area contributed by atoms with E-state index in [1.807, 2.05) is 0 Å². The summed E-state index contributed by atoms with van der Waals surface area (Å²) in [4.78, 5) is 32.7. The number of rotatable bonds is 7. The second kappa shape index (κ2) is 12.3. The van der Waals surface area contributed by atoms with Crippen molar-refractivity contribution in [1.29, 1.82) is 0 Å². The van der Waals surface area contributed by atoms with Crippen molar-refractivity contribution in [2.24, 2.45) is 17.6 Å². The minimum absolute atomic E-state index is 0.0537. The highest BCUT2D eigenvalue weighted by Crippen LogP contribution is 2.61. The fraction of sp³-hybridized carbons (Fsp3) is 0.552.